The van der Waals surface area contributed by atoms with Crippen LogP contribution in [0.1, 0.15) is 21.7 Å². The molecule has 0 radical (unpaired) electrons. The van der Waals surface area contributed by atoms with Crippen molar-refractivity contribution in [2.24, 2.45) is 7.05 Å². The molecule has 0 bridgehead atoms. The highest BCUT2D eigenvalue weighted by molar-refractivity contribution is 5.98. The molecule has 0 aromatic carbocycles. The summed E-state index contributed by atoms with van der Waals surface area (Å²) in [6.45, 7) is 3.32. The smallest absolute Gasteiger partial charge is 0.193 e. The Morgan fingerprint density at radius 1 is 1.50 bits per heavy atom. The van der Waals surface area contributed by atoms with Crippen molar-refractivity contribution in [1.29, 1.82) is 0 Å². The van der Waals surface area contributed by atoms with Crippen molar-refractivity contribution < 1.29 is 4.79 Å². The largest absolute Gasteiger partial charge is 0.345 e. The van der Waals surface area contributed by atoms with E-state index in [0.29, 0.717) is 6.54 Å². The van der Waals surface area contributed by atoms with E-state index < -0.39 is 0 Å². The minimum absolute atomic E-state index is 0.201. The number of ketones is 1. The summed E-state index contributed by atoms with van der Waals surface area (Å²) in [7, 11) is 1.94. The Kier molecular flexibility index (Phi) is 1.54. The van der Waals surface area contributed by atoms with E-state index in [4.69, 9.17) is 0 Å². The SMILES string of the molecule is Cc1cc2c(n1C)C(=O)CNC2. The highest BCUT2D eigenvalue weighted by Crippen LogP contribution is 2.17. The summed E-state index contributed by atoms with van der Waals surface area (Å²) in [6, 6.07) is 2.07. The fourth-order valence-electron chi connectivity index (χ4n) is 1.70. The summed E-state index contributed by atoms with van der Waals surface area (Å²) in [5.74, 6) is 0.201. The third-order valence-electron chi connectivity index (χ3n) is 2.42. The topological polar surface area (TPSA) is 34.0 Å². The second-order valence-electron chi connectivity index (χ2n) is 3.25. The summed E-state index contributed by atoms with van der Waals surface area (Å²) in [4.78, 5) is 11.4. The maximum atomic E-state index is 11.4. The van der Waals surface area contributed by atoms with Gasteiger partial charge in [0.2, 0.25) is 0 Å². The summed E-state index contributed by atoms with van der Waals surface area (Å²) in [5, 5.41) is 3.07. The summed E-state index contributed by atoms with van der Waals surface area (Å²) in [5.41, 5.74) is 3.16. The standard InChI is InChI=1S/C9H12N2O/c1-6-3-7-4-10-5-8(12)9(7)11(6)2/h3,10H,4-5H2,1-2H3. The molecule has 12 heavy (non-hydrogen) atoms. The van der Waals surface area contributed by atoms with Crippen molar-refractivity contribution in [3.05, 3.63) is 23.0 Å². The minimum atomic E-state index is 0.201. The Labute approximate surface area is 71.4 Å². The zero-order valence-electron chi connectivity index (χ0n) is 7.35. The first-order chi connectivity index (χ1) is 5.70. The molecule has 0 unspecified atom stereocenters. The fourth-order valence-corrected chi connectivity index (χ4v) is 1.70. The molecule has 3 nitrogen and oxygen atoms in total. The summed E-state index contributed by atoms with van der Waals surface area (Å²) < 4.78 is 1.97. The number of rotatable bonds is 0. The average Bonchev–Trinajstić information content (AvgIpc) is 2.29. The molecule has 0 amide bonds. The van der Waals surface area contributed by atoms with Gasteiger partial charge >= 0.3 is 0 Å². The molecule has 1 aliphatic rings. The van der Waals surface area contributed by atoms with E-state index in [9.17, 15) is 4.79 Å². The van der Waals surface area contributed by atoms with Gasteiger partial charge in [-0.1, -0.05) is 0 Å². The lowest BCUT2D eigenvalue weighted by Gasteiger charge is -2.13. The Hall–Kier alpha value is -1.09. The Balaban J connectivity index is 2.61. The van der Waals surface area contributed by atoms with Crippen LogP contribution in [0.5, 0.6) is 0 Å². The Bertz CT molecular complexity index is 339. The molecular weight excluding hydrogens is 152 g/mol. The number of nitrogens with one attached hydrogen (secondary N) is 1. The lowest BCUT2D eigenvalue weighted by Crippen LogP contribution is -2.30. The Morgan fingerprint density at radius 3 is 2.92 bits per heavy atom. The van der Waals surface area contributed by atoms with Gasteiger partial charge in [0.1, 0.15) is 0 Å². The molecule has 2 heterocycles. The third kappa shape index (κ3) is 0.898. The lowest BCUT2D eigenvalue weighted by molar-refractivity contribution is 0.0974. The van der Waals surface area contributed by atoms with Gasteiger partial charge < -0.3 is 9.88 Å². The molecule has 0 saturated heterocycles. The number of aryl methyl sites for hydroxylation is 1. The van der Waals surface area contributed by atoms with Gasteiger partial charge in [-0.25, -0.2) is 0 Å². The molecular formula is C9H12N2O. The maximum Gasteiger partial charge on any atom is 0.193 e. The molecule has 1 aliphatic heterocycles. The van der Waals surface area contributed by atoms with Crippen LogP contribution in [0.2, 0.25) is 0 Å². The molecule has 0 aliphatic carbocycles. The monoisotopic (exact) mass is 164 g/mol. The summed E-state index contributed by atoms with van der Waals surface area (Å²) >= 11 is 0. The molecule has 1 aromatic rings. The van der Waals surface area contributed by atoms with E-state index in [2.05, 4.69) is 11.4 Å². The van der Waals surface area contributed by atoms with E-state index >= 15 is 0 Å². The normalized spacial score (nSPS) is 16.3. The van der Waals surface area contributed by atoms with Crippen molar-refractivity contribution in [2.75, 3.05) is 6.54 Å². The number of aromatic nitrogens is 1. The van der Waals surface area contributed by atoms with Gasteiger partial charge in [-0.15, -0.1) is 0 Å². The van der Waals surface area contributed by atoms with E-state index in [1.165, 1.54) is 0 Å². The highest BCUT2D eigenvalue weighted by Gasteiger charge is 2.20. The minimum Gasteiger partial charge on any atom is -0.345 e. The predicted octanol–water partition coefficient (Wildman–Crippen LogP) is 0.619. The van der Waals surface area contributed by atoms with Gasteiger partial charge in [0.05, 0.1) is 12.2 Å². The van der Waals surface area contributed by atoms with Gasteiger partial charge in [0.15, 0.2) is 5.78 Å². The third-order valence-corrected chi connectivity index (χ3v) is 2.42. The van der Waals surface area contributed by atoms with E-state index in [0.717, 1.165) is 23.5 Å². The number of hydrogen-bond acceptors (Lipinski definition) is 2. The van der Waals surface area contributed by atoms with Crippen molar-refractivity contribution in [1.82, 2.24) is 9.88 Å². The van der Waals surface area contributed by atoms with Crippen LogP contribution in [0.4, 0.5) is 0 Å². The first kappa shape index (κ1) is 7.55. The van der Waals surface area contributed by atoms with Gasteiger partial charge in [-0.05, 0) is 18.6 Å². The predicted molar refractivity (Wildman–Crippen MR) is 46.2 cm³/mol. The fraction of sp³-hybridized carbons (Fsp3) is 0.444. The van der Waals surface area contributed by atoms with E-state index in [1.54, 1.807) is 0 Å². The van der Waals surface area contributed by atoms with Crippen LogP contribution < -0.4 is 5.32 Å². The van der Waals surface area contributed by atoms with Gasteiger partial charge in [0, 0.05) is 19.3 Å². The van der Waals surface area contributed by atoms with Crippen LogP contribution >= 0.6 is 0 Å². The van der Waals surface area contributed by atoms with Crippen LogP contribution in [0.3, 0.4) is 0 Å². The van der Waals surface area contributed by atoms with Crippen molar-refractivity contribution in [2.45, 2.75) is 13.5 Å². The van der Waals surface area contributed by atoms with Crippen molar-refractivity contribution in [3.63, 3.8) is 0 Å². The van der Waals surface area contributed by atoms with E-state index in [1.807, 2.05) is 18.5 Å². The zero-order chi connectivity index (χ0) is 8.72. The van der Waals surface area contributed by atoms with Crippen LogP contribution in [0.25, 0.3) is 0 Å². The number of carbonyl (C=O) groups is 1. The number of fused-ring (bicyclic) bond motifs is 1. The number of hydrogen-bond donors (Lipinski definition) is 1. The maximum absolute atomic E-state index is 11.4. The molecule has 1 aromatic heterocycles. The van der Waals surface area contributed by atoms with Gasteiger partial charge in [-0.3, -0.25) is 4.79 Å². The van der Waals surface area contributed by atoms with Crippen LogP contribution in [0.15, 0.2) is 6.07 Å². The van der Waals surface area contributed by atoms with Gasteiger partial charge in [-0.2, -0.15) is 0 Å². The molecule has 0 saturated carbocycles. The number of nitrogens with zero attached hydrogens (tertiary/aromatic N) is 1. The van der Waals surface area contributed by atoms with Crippen molar-refractivity contribution in [3.8, 4) is 0 Å². The lowest BCUT2D eigenvalue weighted by atomic mass is 10.1. The molecule has 0 spiro atoms. The molecule has 2 rings (SSSR count). The second kappa shape index (κ2) is 2.45. The zero-order valence-corrected chi connectivity index (χ0v) is 7.35. The molecule has 1 N–H and O–H groups in total. The highest BCUT2D eigenvalue weighted by atomic mass is 16.1. The first-order valence-corrected chi connectivity index (χ1v) is 4.09. The first-order valence-electron chi connectivity index (χ1n) is 4.09. The molecule has 64 valence electrons. The average molecular weight is 164 g/mol. The Morgan fingerprint density at radius 2 is 2.25 bits per heavy atom. The van der Waals surface area contributed by atoms with Gasteiger partial charge in [0.25, 0.3) is 0 Å². The summed E-state index contributed by atoms with van der Waals surface area (Å²) in [6.07, 6.45) is 0. The molecule has 0 atom stereocenters. The van der Waals surface area contributed by atoms with E-state index in [-0.39, 0.29) is 5.78 Å². The van der Waals surface area contributed by atoms with Crippen molar-refractivity contribution >= 4 is 5.78 Å². The number of Topliss-reactive ketones (excluding diaryl/α,β-unsaturated/α-hetero) is 1. The quantitative estimate of drug-likeness (QED) is 0.610. The van der Waals surface area contributed by atoms with Crippen LogP contribution in [0, 0.1) is 6.92 Å². The second-order valence-corrected chi connectivity index (χ2v) is 3.25. The van der Waals surface area contributed by atoms with Crippen LogP contribution in [-0.4, -0.2) is 16.9 Å². The van der Waals surface area contributed by atoms with Crippen LogP contribution in [-0.2, 0) is 13.6 Å². The number of carbonyl (C=O) groups excluding carboxylic acids is 1. The molecule has 0 fully saturated rings. The molecule has 3 heteroatoms.